The maximum atomic E-state index is 11.8. The van der Waals surface area contributed by atoms with Crippen LogP contribution in [0.15, 0.2) is 22.8 Å². The minimum Gasteiger partial charge on any atom is -0.461 e. The summed E-state index contributed by atoms with van der Waals surface area (Å²) >= 11 is 0. The molecule has 0 N–H and O–H groups in total. The lowest BCUT2D eigenvalue weighted by Crippen LogP contribution is -2.36. The van der Waals surface area contributed by atoms with Crippen molar-refractivity contribution in [1.82, 2.24) is 4.90 Å². The molecule has 16 heavy (non-hydrogen) atoms. The molecule has 1 fully saturated rings. The highest BCUT2D eigenvalue weighted by Gasteiger charge is 2.21. The normalized spacial score (nSPS) is 16.4. The lowest BCUT2D eigenvalue weighted by atomic mass is 9.85. The topological polar surface area (TPSA) is 33.5 Å². The van der Waals surface area contributed by atoms with Crippen LogP contribution < -0.4 is 0 Å². The Bertz CT molecular complexity index is 328. The number of likely N-dealkylation sites (N-methyl/N-ethyl adjacent to an activating group) is 1. The Hall–Kier alpha value is -1.09. The summed E-state index contributed by atoms with van der Waals surface area (Å²) in [5, 5.41) is 0. The first kappa shape index (κ1) is 11.4. The Balaban J connectivity index is 1.83. The van der Waals surface area contributed by atoms with Crippen LogP contribution >= 0.6 is 0 Å². The fourth-order valence-corrected chi connectivity index (χ4v) is 2.06. The molecule has 0 aromatic carbocycles. The van der Waals surface area contributed by atoms with Crippen molar-refractivity contribution >= 4 is 5.78 Å². The summed E-state index contributed by atoms with van der Waals surface area (Å²) in [4.78, 5) is 14.0. The van der Waals surface area contributed by atoms with Crippen LogP contribution in [0.4, 0.5) is 0 Å². The second-order valence-corrected chi connectivity index (χ2v) is 4.53. The number of furan rings is 1. The van der Waals surface area contributed by atoms with Crippen LogP contribution in [0.3, 0.4) is 0 Å². The molecule has 0 atom stereocenters. The number of carbonyl (C=O) groups is 1. The molecule has 1 aliphatic rings. The standard InChI is InChI=1S/C13H19NO2/c1-2-14(9-11-5-3-6-11)10-12(15)13-7-4-8-16-13/h4,7-8,11H,2-3,5-6,9-10H2,1H3. The van der Waals surface area contributed by atoms with Crippen molar-refractivity contribution in [1.29, 1.82) is 0 Å². The van der Waals surface area contributed by atoms with E-state index in [0.717, 1.165) is 19.0 Å². The van der Waals surface area contributed by atoms with Gasteiger partial charge in [-0.2, -0.15) is 0 Å². The molecule has 0 amide bonds. The van der Waals surface area contributed by atoms with Gasteiger partial charge in [-0.3, -0.25) is 9.69 Å². The van der Waals surface area contributed by atoms with E-state index in [0.29, 0.717) is 12.3 Å². The second kappa shape index (κ2) is 5.30. The first-order valence-corrected chi connectivity index (χ1v) is 6.08. The largest absolute Gasteiger partial charge is 0.461 e. The maximum Gasteiger partial charge on any atom is 0.211 e. The molecule has 0 saturated heterocycles. The highest BCUT2D eigenvalue weighted by atomic mass is 16.3. The molecule has 0 unspecified atom stereocenters. The van der Waals surface area contributed by atoms with Gasteiger partial charge in [0, 0.05) is 6.54 Å². The third-order valence-electron chi connectivity index (χ3n) is 3.35. The molecule has 1 aromatic rings. The van der Waals surface area contributed by atoms with Gasteiger partial charge in [-0.15, -0.1) is 0 Å². The van der Waals surface area contributed by atoms with E-state index in [1.165, 1.54) is 19.3 Å². The Kier molecular flexibility index (Phi) is 3.78. The van der Waals surface area contributed by atoms with Gasteiger partial charge in [0.2, 0.25) is 5.78 Å². The molecule has 1 aliphatic carbocycles. The quantitative estimate of drug-likeness (QED) is 0.692. The number of rotatable bonds is 6. The second-order valence-electron chi connectivity index (χ2n) is 4.53. The molecule has 1 aromatic heterocycles. The third-order valence-corrected chi connectivity index (χ3v) is 3.35. The first-order chi connectivity index (χ1) is 7.79. The number of nitrogens with zero attached hydrogens (tertiary/aromatic N) is 1. The van der Waals surface area contributed by atoms with E-state index < -0.39 is 0 Å². The zero-order valence-corrected chi connectivity index (χ0v) is 9.82. The molecule has 0 bridgehead atoms. The molecule has 1 heterocycles. The van der Waals surface area contributed by atoms with E-state index in [9.17, 15) is 4.79 Å². The predicted octanol–water partition coefficient (Wildman–Crippen LogP) is 2.58. The fraction of sp³-hybridized carbons (Fsp3) is 0.615. The van der Waals surface area contributed by atoms with Crippen LogP contribution in [0.1, 0.15) is 36.7 Å². The number of ketones is 1. The van der Waals surface area contributed by atoms with Crippen LogP contribution in [-0.2, 0) is 0 Å². The highest BCUT2D eigenvalue weighted by Crippen LogP contribution is 2.27. The lowest BCUT2D eigenvalue weighted by Gasteiger charge is -2.31. The molecule has 1 saturated carbocycles. The Labute approximate surface area is 96.4 Å². The van der Waals surface area contributed by atoms with Crippen molar-refractivity contribution < 1.29 is 9.21 Å². The van der Waals surface area contributed by atoms with Gasteiger partial charge in [0.1, 0.15) is 0 Å². The van der Waals surface area contributed by atoms with Gasteiger partial charge >= 0.3 is 0 Å². The summed E-state index contributed by atoms with van der Waals surface area (Å²) in [6, 6.07) is 3.50. The first-order valence-electron chi connectivity index (χ1n) is 6.08. The summed E-state index contributed by atoms with van der Waals surface area (Å²) in [6.45, 7) is 4.58. The van der Waals surface area contributed by atoms with Crippen molar-refractivity contribution in [3.63, 3.8) is 0 Å². The minimum absolute atomic E-state index is 0.0890. The SMILES string of the molecule is CCN(CC(=O)c1ccco1)CC1CCC1. The van der Waals surface area contributed by atoms with E-state index in [1.54, 1.807) is 18.4 Å². The summed E-state index contributed by atoms with van der Waals surface area (Å²) in [5.41, 5.74) is 0. The van der Waals surface area contributed by atoms with Crippen LogP contribution in [0.2, 0.25) is 0 Å². The van der Waals surface area contributed by atoms with Gasteiger partial charge in [0.15, 0.2) is 5.76 Å². The Morgan fingerprint density at radius 1 is 1.56 bits per heavy atom. The van der Waals surface area contributed by atoms with Crippen LogP contribution in [0.25, 0.3) is 0 Å². The smallest absolute Gasteiger partial charge is 0.211 e. The van der Waals surface area contributed by atoms with Crippen molar-refractivity contribution in [2.45, 2.75) is 26.2 Å². The van der Waals surface area contributed by atoms with Crippen molar-refractivity contribution in [2.24, 2.45) is 5.92 Å². The van der Waals surface area contributed by atoms with Crippen LogP contribution in [0.5, 0.6) is 0 Å². The van der Waals surface area contributed by atoms with Crippen molar-refractivity contribution in [3.05, 3.63) is 24.2 Å². The number of Topliss-reactive ketones (excluding diaryl/α,β-unsaturated/α-hetero) is 1. The maximum absolute atomic E-state index is 11.8. The molecule has 88 valence electrons. The van der Waals surface area contributed by atoms with Gasteiger partial charge < -0.3 is 4.42 Å². The summed E-state index contributed by atoms with van der Waals surface area (Å²) < 4.78 is 5.11. The third kappa shape index (κ3) is 2.73. The van der Waals surface area contributed by atoms with Gasteiger partial charge in [-0.05, 0) is 37.4 Å². The van der Waals surface area contributed by atoms with Gasteiger partial charge in [0.25, 0.3) is 0 Å². The summed E-state index contributed by atoms with van der Waals surface area (Å²) in [6.07, 6.45) is 5.56. The Morgan fingerprint density at radius 2 is 2.38 bits per heavy atom. The zero-order chi connectivity index (χ0) is 11.4. The highest BCUT2D eigenvalue weighted by molar-refractivity contribution is 5.94. The average molecular weight is 221 g/mol. The zero-order valence-electron chi connectivity index (χ0n) is 9.82. The van der Waals surface area contributed by atoms with E-state index >= 15 is 0 Å². The van der Waals surface area contributed by atoms with Gasteiger partial charge in [0.05, 0.1) is 12.8 Å². The molecule has 0 spiro atoms. The molecule has 0 radical (unpaired) electrons. The number of carbonyl (C=O) groups excluding carboxylic acids is 1. The van der Waals surface area contributed by atoms with E-state index in [4.69, 9.17) is 4.42 Å². The van der Waals surface area contributed by atoms with Crippen LogP contribution in [-0.4, -0.2) is 30.3 Å². The van der Waals surface area contributed by atoms with E-state index in [1.807, 2.05) is 0 Å². The van der Waals surface area contributed by atoms with Crippen molar-refractivity contribution in [2.75, 3.05) is 19.6 Å². The van der Waals surface area contributed by atoms with Crippen LogP contribution in [0, 0.1) is 5.92 Å². The predicted molar refractivity (Wildman–Crippen MR) is 62.5 cm³/mol. The molecule has 0 aliphatic heterocycles. The van der Waals surface area contributed by atoms with E-state index in [2.05, 4.69) is 11.8 Å². The molecular weight excluding hydrogens is 202 g/mol. The van der Waals surface area contributed by atoms with Gasteiger partial charge in [-0.25, -0.2) is 0 Å². The van der Waals surface area contributed by atoms with Crippen molar-refractivity contribution in [3.8, 4) is 0 Å². The summed E-state index contributed by atoms with van der Waals surface area (Å²) in [7, 11) is 0. The fourth-order valence-electron chi connectivity index (χ4n) is 2.06. The Morgan fingerprint density at radius 3 is 2.88 bits per heavy atom. The summed E-state index contributed by atoms with van der Waals surface area (Å²) in [5.74, 6) is 1.38. The monoisotopic (exact) mass is 221 g/mol. The molecule has 3 heteroatoms. The molecule has 3 nitrogen and oxygen atoms in total. The number of hydrogen-bond acceptors (Lipinski definition) is 3. The lowest BCUT2D eigenvalue weighted by molar-refractivity contribution is 0.0878. The number of hydrogen-bond donors (Lipinski definition) is 0. The minimum atomic E-state index is 0.0890. The average Bonchev–Trinajstić information content (AvgIpc) is 2.74. The molecular formula is C13H19NO2. The van der Waals surface area contributed by atoms with E-state index in [-0.39, 0.29) is 5.78 Å². The molecule has 2 rings (SSSR count). The van der Waals surface area contributed by atoms with Gasteiger partial charge in [-0.1, -0.05) is 13.3 Å².